The molecule has 0 atom stereocenters. The van der Waals surface area contributed by atoms with E-state index in [1.807, 2.05) is 0 Å². The summed E-state index contributed by atoms with van der Waals surface area (Å²) in [6, 6.07) is 7.13. The lowest BCUT2D eigenvalue weighted by Crippen LogP contribution is -1.96. The van der Waals surface area contributed by atoms with Crippen LogP contribution in [0.15, 0.2) is 18.2 Å². The van der Waals surface area contributed by atoms with Crippen LogP contribution in [0.25, 0.3) is 0 Å². The van der Waals surface area contributed by atoms with E-state index in [2.05, 4.69) is 10.4 Å². The van der Waals surface area contributed by atoms with E-state index in [1.54, 1.807) is 25.1 Å². The quantitative estimate of drug-likeness (QED) is 0.853. The van der Waals surface area contributed by atoms with Gasteiger partial charge in [0.15, 0.2) is 0 Å². The average molecular weight is 299 g/mol. The predicted octanol–water partition coefficient (Wildman–Crippen LogP) is 4.21. The summed E-state index contributed by atoms with van der Waals surface area (Å²) in [6.07, 6.45) is 0. The highest BCUT2D eigenvalue weighted by molar-refractivity contribution is 7.06. The molecule has 0 unspecified atom stereocenters. The zero-order valence-corrected chi connectivity index (χ0v) is 11.7. The van der Waals surface area contributed by atoms with Crippen LogP contribution in [0.1, 0.15) is 16.1 Å². The SMILES string of the molecule is Cc1nsc(COc2ccc(Cl)cc2Cl)c1C#N. The van der Waals surface area contributed by atoms with Gasteiger partial charge in [-0.05, 0) is 36.7 Å². The molecule has 0 fully saturated rings. The maximum atomic E-state index is 8.99. The van der Waals surface area contributed by atoms with Gasteiger partial charge >= 0.3 is 0 Å². The van der Waals surface area contributed by atoms with Crippen molar-refractivity contribution in [3.8, 4) is 11.8 Å². The molecule has 0 saturated carbocycles. The second-order valence-electron chi connectivity index (χ2n) is 3.54. The van der Waals surface area contributed by atoms with E-state index >= 15 is 0 Å². The largest absolute Gasteiger partial charge is 0.486 e. The zero-order chi connectivity index (χ0) is 13.1. The third-order valence-corrected chi connectivity index (χ3v) is 3.74. The van der Waals surface area contributed by atoms with Gasteiger partial charge in [0.25, 0.3) is 0 Å². The Morgan fingerprint density at radius 3 is 2.89 bits per heavy atom. The van der Waals surface area contributed by atoms with Crippen molar-refractivity contribution >= 4 is 34.7 Å². The zero-order valence-electron chi connectivity index (χ0n) is 9.41. The van der Waals surface area contributed by atoms with Crippen molar-refractivity contribution < 1.29 is 4.74 Å². The maximum absolute atomic E-state index is 8.99. The van der Waals surface area contributed by atoms with Crippen molar-refractivity contribution in [1.29, 1.82) is 5.26 Å². The van der Waals surface area contributed by atoms with E-state index in [4.69, 9.17) is 33.2 Å². The van der Waals surface area contributed by atoms with Crippen molar-refractivity contribution in [2.45, 2.75) is 13.5 Å². The smallest absolute Gasteiger partial charge is 0.138 e. The van der Waals surface area contributed by atoms with Crippen LogP contribution in [0.2, 0.25) is 10.0 Å². The molecule has 0 radical (unpaired) electrons. The van der Waals surface area contributed by atoms with Crippen LogP contribution in [-0.2, 0) is 6.61 Å². The van der Waals surface area contributed by atoms with Crippen LogP contribution in [-0.4, -0.2) is 4.37 Å². The number of halogens is 2. The van der Waals surface area contributed by atoms with Crippen LogP contribution < -0.4 is 4.74 Å². The number of hydrogen-bond donors (Lipinski definition) is 0. The summed E-state index contributed by atoms with van der Waals surface area (Å²) in [4.78, 5) is 0.793. The van der Waals surface area contributed by atoms with Gasteiger partial charge in [-0.15, -0.1) is 0 Å². The van der Waals surface area contributed by atoms with Crippen LogP contribution in [0.3, 0.4) is 0 Å². The fraction of sp³-hybridized carbons (Fsp3) is 0.167. The monoisotopic (exact) mass is 298 g/mol. The Labute approximate surface area is 119 Å². The van der Waals surface area contributed by atoms with Gasteiger partial charge in [0.2, 0.25) is 0 Å². The third-order valence-electron chi connectivity index (χ3n) is 2.30. The Hall–Kier alpha value is -1.28. The molecule has 0 N–H and O–H groups in total. The van der Waals surface area contributed by atoms with Crippen molar-refractivity contribution in [3.05, 3.63) is 44.4 Å². The first-order valence-electron chi connectivity index (χ1n) is 5.05. The summed E-state index contributed by atoms with van der Waals surface area (Å²) in [7, 11) is 0. The number of aryl methyl sites for hydroxylation is 1. The number of aromatic nitrogens is 1. The van der Waals surface area contributed by atoms with Gasteiger partial charge in [0.05, 0.1) is 21.2 Å². The van der Waals surface area contributed by atoms with Gasteiger partial charge < -0.3 is 4.74 Å². The van der Waals surface area contributed by atoms with E-state index in [-0.39, 0.29) is 6.61 Å². The number of nitriles is 1. The molecule has 3 nitrogen and oxygen atoms in total. The van der Waals surface area contributed by atoms with E-state index in [1.165, 1.54) is 11.5 Å². The molecule has 1 aromatic heterocycles. The van der Waals surface area contributed by atoms with Crippen molar-refractivity contribution in [1.82, 2.24) is 4.37 Å². The first-order valence-corrected chi connectivity index (χ1v) is 6.58. The van der Waals surface area contributed by atoms with Gasteiger partial charge in [-0.3, -0.25) is 0 Å². The molecular weight excluding hydrogens is 291 g/mol. The first kappa shape index (κ1) is 13.2. The van der Waals surface area contributed by atoms with E-state index in [0.717, 1.165) is 10.6 Å². The normalized spacial score (nSPS) is 10.1. The van der Waals surface area contributed by atoms with E-state index in [9.17, 15) is 0 Å². The van der Waals surface area contributed by atoms with Crippen molar-refractivity contribution in [2.24, 2.45) is 0 Å². The van der Waals surface area contributed by atoms with Crippen LogP contribution >= 0.6 is 34.7 Å². The summed E-state index contributed by atoms with van der Waals surface area (Å²) in [5, 5.41) is 9.99. The molecule has 1 aromatic carbocycles. The molecule has 0 spiro atoms. The molecule has 0 bridgehead atoms. The molecule has 0 amide bonds. The minimum atomic E-state index is 0.274. The third kappa shape index (κ3) is 2.75. The summed E-state index contributed by atoms with van der Waals surface area (Å²) >= 11 is 13.0. The standard InChI is InChI=1S/C12H8Cl2N2OS/c1-7-9(5-15)12(18-16-7)6-17-11-3-2-8(13)4-10(11)14/h2-4H,6H2,1H3. The van der Waals surface area contributed by atoms with Gasteiger partial charge in [-0.2, -0.15) is 9.64 Å². The van der Waals surface area contributed by atoms with Gasteiger partial charge in [-0.1, -0.05) is 23.2 Å². The topological polar surface area (TPSA) is 45.9 Å². The molecule has 0 aliphatic heterocycles. The Balaban J connectivity index is 2.14. The number of rotatable bonds is 3. The maximum Gasteiger partial charge on any atom is 0.138 e. The highest BCUT2D eigenvalue weighted by Crippen LogP contribution is 2.29. The molecule has 0 aliphatic carbocycles. The minimum absolute atomic E-state index is 0.274. The molecule has 92 valence electrons. The first-order chi connectivity index (χ1) is 8.61. The van der Waals surface area contributed by atoms with E-state index in [0.29, 0.717) is 21.4 Å². The summed E-state index contributed by atoms with van der Waals surface area (Å²) in [5.41, 5.74) is 1.30. The minimum Gasteiger partial charge on any atom is -0.486 e. The fourth-order valence-corrected chi connectivity index (χ4v) is 2.59. The summed E-state index contributed by atoms with van der Waals surface area (Å²) in [6.45, 7) is 2.07. The summed E-state index contributed by atoms with van der Waals surface area (Å²) < 4.78 is 9.68. The number of benzene rings is 1. The van der Waals surface area contributed by atoms with Gasteiger partial charge in [0.1, 0.15) is 18.4 Å². The van der Waals surface area contributed by atoms with Crippen LogP contribution in [0.4, 0.5) is 0 Å². The Bertz CT molecular complexity index is 619. The molecule has 18 heavy (non-hydrogen) atoms. The number of nitrogens with zero attached hydrogens (tertiary/aromatic N) is 2. The van der Waals surface area contributed by atoms with Crippen molar-refractivity contribution in [2.75, 3.05) is 0 Å². The Morgan fingerprint density at radius 2 is 2.22 bits per heavy atom. The number of hydrogen-bond acceptors (Lipinski definition) is 4. The van der Waals surface area contributed by atoms with Crippen molar-refractivity contribution in [3.63, 3.8) is 0 Å². The second kappa shape index (κ2) is 5.57. The van der Waals surface area contributed by atoms with Crippen LogP contribution in [0, 0.1) is 18.3 Å². The lowest BCUT2D eigenvalue weighted by atomic mass is 10.2. The molecular formula is C12H8Cl2N2OS. The summed E-state index contributed by atoms with van der Waals surface area (Å²) in [5.74, 6) is 0.538. The number of ether oxygens (including phenoxy) is 1. The Morgan fingerprint density at radius 1 is 1.44 bits per heavy atom. The van der Waals surface area contributed by atoms with Crippen LogP contribution in [0.5, 0.6) is 5.75 Å². The van der Waals surface area contributed by atoms with Gasteiger partial charge in [-0.25, -0.2) is 0 Å². The molecule has 0 aliphatic rings. The molecule has 6 heteroatoms. The highest BCUT2D eigenvalue weighted by Gasteiger charge is 2.11. The lowest BCUT2D eigenvalue weighted by Gasteiger charge is -2.06. The molecule has 2 rings (SSSR count). The Kier molecular flexibility index (Phi) is 4.07. The predicted molar refractivity (Wildman–Crippen MR) is 72.4 cm³/mol. The second-order valence-corrected chi connectivity index (χ2v) is 5.24. The lowest BCUT2D eigenvalue weighted by molar-refractivity contribution is 0.309. The van der Waals surface area contributed by atoms with Gasteiger partial charge in [0, 0.05) is 5.02 Å². The highest BCUT2D eigenvalue weighted by atomic mass is 35.5. The van der Waals surface area contributed by atoms with E-state index < -0.39 is 0 Å². The average Bonchev–Trinajstić information content (AvgIpc) is 2.69. The molecule has 0 saturated heterocycles. The molecule has 2 aromatic rings. The molecule has 1 heterocycles. The fourth-order valence-electron chi connectivity index (χ4n) is 1.39.